The van der Waals surface area contributed by atoms with Gasteiger partial charge in [0, 0.05) is 34.5 Å². The van der Waals surface area contributed by atoms with Crippen LogP contribution in [0.4, 0.5) is 17.1 Å². The molecule has 1 saturated carbocycles. The molecule has 1 aliphatic rings. The highest BCUT2D eigenvalue weighted by Crippen LogP contribution is 2.30. The lowest BCUT2D eigenvalue weighted by Gasteiger charge is -2.11. The first-order valence-corrected chi connectivity index (χ1v) is 9.05. The van der Waals surface area contributed by atoms with E-state index in [2.05, 4.69) is 16.0 Å². The van der Waals surface area contributed by atoms with Gasteiger partial charge >= 0.3 is 0 Å². The predicted molar refractivity (Wildman–Crippen MR) is 106 cm³/mol. The minimum atomic E-state index is -0.287. The molecule has 0 bridgehead atoms. The van der Waals surface area contributed by atoms with Gasteiger partial charge < -0.3 is 16.0 Å². The smallest absolute Gasteiger partial charge is 0.255 e. The van der Waals surface area contributed by atoms with Gasteiger partial charge in [-0.15, -0.1) is 0 Å². The van der Waals surface area contributed by atoms with Crippen molar-refractivity contribution in [1.29, 1.82) is 0 Å². The number of nitrogens with one attached hydrogen (secondary N) is 3. The topological polar surface area (TPSA) is 87.3 Å². The van der Waals surface area contributed by atoms with Crippen molar-refractivity contribution in [3.63, 3.8) is 0 Å². The normalized spacial score (nSPS) is 13.1. The van der Waals surface area contributed by atoms with Gasteiger partial charge in [-0.3, -0.25) is 14.4 Å². The Morgan fingerprint density at radius 2 is 1.44 bits per heavy atom. The fourth-order valence-corrected chi connectivity index (χ4v) is 2.49. The van der Waals surface area contributed by atoms with Crippen LogP contribution < -0.4 is 16.0 Å². The zero-order chi connectivity index (χ0) is 19.4. The first-order valence-electron chi connectivity index (χ1n) is 9.05. The monoisotopic (exact) mass is 365 g/mol. The molecule has 3 N–H and O–H groups in total. The Morgan fingerprint density at radius 1 is 0.852 bits per heavy atom. The van der Waals surface area contributed by atoms with Gasteiger partial charge in [0.25, 0.3) is 5.91 Å². The molecule has 0 saturated heterocycles. The van der Waals surface area contributed by atoms with Gasteiger partial charge in [-0.2, -0.15) is 0 Å². The lowest BCUT2D eigenvalue weighted by atomic mass is 10.1. The van der Waals surface area contributed by atoms with Gasteiger partial charge in [-0.1, -0.05) is 26.0 Å². The van der Waals surface area contributed by atoms with Crippen LogP contribution in [0.2, 0.25) is 0 Å². The molecule has 0 radical (unpaired) electrons. The van der Waals surface area contributed by atoms with Crippen molar-refractivity contribution in [2.45, 2.75) is 26.7 Å². The summed E-state index contributed by atoms with van der Waals surface area (Å²) in [6, 6.07) is 13.8. The fraction of sp³-hybridized carbons (Fsp3) is 0.286. The Hall–Kier alpha value is -3.15. The van der Waals surface area contributed by atoms with Crippen molar-refractivity contribution in [3.8, 4) is 0 Å². The SMILES string of the molecule is CC(C)C(=O)Nc1cccc(NC(=O)c2cccc(NC(=O)C3CC3)c2)c1. The van der Waals surface area contributed by atoms with E-state index in [1.807, 2.05) is 13.8 Å². The van der Waals surface area contributed by atoms with E-state index in [0.717, 1.165) is 12.8 Å². The van der Waals surface area contributed by atoms with Crippen LogP contribution in [0.15, 0.2) is 48.5 Å². The first-order chi connectivity index (χ1) is 12.9. The number of benzene rings is 2. The Morgan fingerprint density at radius 3 is 2.07 bits per heavy atom. The number of hydrogen-bond acceptors (Lipinski definition) is 3. The zero-order valence-corrected chi connectivity index (χ0v) is 15.4. The van der Waals surface area contributed by atoms with Crippen LogP contribution in [0.1, 0.15) is 37.0 Å². The third-order valence-electron chi connectivity index (χ3n) is 4.25. The van der Waals surface area contributed by atoms with E-state index in [1.54, 1.807) is 48.5 Å². The number of amides is 3. The van der Waals surface area contributed by atoms with E-state index in [9.17, 15) is 14.4 Å². The summed E-state index contributed by atoms with van der Waals surface area (Å²) < 4.78 is 0. The van der Waals surface area contributed by atoms with Crippen LogP contribution in [-0.4, -0.2) is 17.7 Å². The molecule has 27 heavy (non-hydrogen) atoms. The van der Waals surface area contributed by atoms with Crippen LogP contribution in [0.5, 0.6) is 0 Å². The summed E-state index contributed by atoms with van der Waals surface area (Å²) in [5.74, 6) is -0.397. The van der Waals surface area contributed by atoms with Crippen LogP contribution in [0.3, 0.4) is 0 Å². The Balaban J connectivity index is 1.66. The van der Waals surface area contributed by atoms with Gasteiger partial charge in [-0.25, -0.2) is 0 Å². The highest BCUT2D eigenvalue weighted by Gasteiger charge is 2.29. The van der Waals surface area contributed by atoms with E-state index in [4.69, 9.17) is 0 Å². The van der Waals surface area contributed by atoms with Crippen molar-refractivity contribution in [1.82, 2.24) is 0 Å². The van der Waals surface area contributed by atoms with Crippen molar-refractivity contribution >= 4 is 34.8 Å². The summed E-state index contributed by atoms with van der Waals surface area (Å²) in [5, 5.41) is 8.46. The van der Waals surface area contributed by atoms with E-state index in [1.165, 1.54) is 0 Å². The van der Waals surface area contributed by atoms with E-state index < -0.39 is 0 Å². The minimum absolute atomic E-state index is 0.00107. The largest absolute Gasteiger partial charge is 0.326 e. The average molecular weight is 365 g/mol. The molecule has 1 fully saturated rings. The van der Waals surface area contributed by atoms with Crippen molar-refractivity contribution < 1.29 is 14.4 Å². The molecule has 0 spiro atoms. The lowest BCUT2D eigenvalue weighted by molar-refractivity contribution is -0.119. The van der Waals surface area contributed by atoms with E-state index in [-0.39, 0.29) is 29.6 Å². The molecule has 0 heterocycles. The molecule has 6 heteroatoms. The summed E-state index contributed by atoms with van der Waals surface area (Å²) in [4.78, 5) is 36.2. The third-order valence-corrected chi connectivity index (χ3v) is 4.25. The number of rotatable bonds is 6. The second-order valence-electron chi connectivity index (χ2n) is 7.02. The average Bonchev–Trinajstić information content (AvgIpc) is 3.47. The number of hydrogen-bond donors (Lipinski definition) is 3. The fourth-order valence-electron chi connectivity index (χ4n) is 2.49. The van der Waals surface area contributed by atoms with Gasteiger partial charge in [0.1, 0.15) is 0 Å². The summed E-state index contributed by atoms with van der Waals surface area (Å²) >= 11 is 0. The maximum absolute atomic E-state index is 12.5. The maximum atomic E-state index is 12.5. The quantitative estimate of drug-likeness (QED) is 0.726. The number of carbonyl (C=O) groups is 3. The Bertz CT molecular complexity index is 872. The highest BCUT2D eigenvalue weighted by molar-refractivity contribution is 6.06. The van der Waals surface area contributed by atoms with Gasteiger partial charge in [-0.05, 0) is 49.2 Å². The zero-order valence-electron chi connectivity index (χ0n) is 15.4. The van der Waals surface area contributed by atoms with Gasteiger partial charge in [0.05, 0.1) is 0 Å². The second-order valence-corrected chi connectivity index (χ2v) is 7.02. The molecule has 140 valence electrons. The molecule has 6 nitrogen and oxygen atoms in total. The lowest BCUT2D eigenvalue weighted by Crippen LogP contribution is -2.18. The van der Waals surface area contributed by atoms with Crippen molar-refractivity contribution in [2.75, 3.05) is 16.0 Å². The molecule has 0 aliphatic heterocycles. The third kappa shape index (κ3) is 5.17. The van der Waals surface area contributed by atoms with Crippen molar-refractivity contribution in [2.24, 2.45) is 11.8 Å². The van der Waals surface area contributed by atoms with Crippen LogP contribution in [0.25, 0.3) is 0 Å². The molecule has 1 aliphatic carbocycles. The number of carbonyl (C=O) groups excluding carboxylic acids is 3. The predicted octanol–water partition coefficient (Wildman–Crippen LogP) is 3.88. The van der Waals surface area contributed by atoms with Gasteiger partial charge in [0.15, 0.2) is 0 Å². The molecule has 2 aromatic carbocycles. The molecule has 0 aromatic heterocycles. The Labute approximate surface area is 158 Å². The van der Waals surface area contributed by atoms with E-state index in [0.29, 0.717) is 22.6 Å². The van der Waals surface area contributed by atoms with Crippen LogP contribution in [-0.2, 0) is 9.59 Å². The standard InChI is InChI=1S/C21H23N3O3/c1-13(2)19(25)22-17-7-4-8-18(12-17)24-21(27)15-5-3-6-16(11-15)23-20(26)14-9-10-14/h3-8,11-14H,9-10H2,1-2H3,(H,22,25)(H,23,26)(H,24,27). The number of anilines is 3. The van der Waals surface area contributed by atoms with Crippen LogP contribution >= 0.6 is 0 Å². The Kier molecular flexibility index (Phi) is 5.54. The van der Waals surface area contributed by atoms with Gasteiger partial charge in [0.2, 0.25) is 11.8 Å². The van der Waals surface area contributed by atoms with Crippen LogP contribution in [0, 0.1) is 11.8 Å². The van der Waals surface area contributed by atoms with E-state index >= 15 is 0 Å². The highest BCUT2D eigenvalue weighted by atomic mass is 16.2. The van der Waals surface area contributed by atoms with Crippen molar-refractivity contribution in [3.05, 3.63) is 54.1 Å². The minimum Gasteiger partial charge on any atom is -0.326 e. The second kappa shape index (κ2) is 8.03. The summed E-state index contributed by atoms with van der Waals surface area (Å²) in [5.41, 5.74) is 2.25. The molecule has 3 rings (SSSR count). The molecular weight excluding hydrogens is 342 g/mol. The molecule has 2 aromatic rings. The first kappa shape index (κ1) is 18.6. The molecule has 0 unspecified atom stereocenters. The maximum Gasteiger partial charge on any atom is 0.255 e. The summed E-state index contributed by atoms with van der Waals surface area (Å²) in [7, 11) is 0. The molecule has 3 amide bonds. The summed E-state index contributed by atoms with van der Waals surface area (Å²) in [6.07, 6.45) is 1.85. The molecular formula is C21H23N3O3. The molecule has 0 atom stereocenters. The summed E-state index contributed by atoms with van der Waals surface area (Å²) in [6.45, 7) is 3.63.